The minimum absolute atomic E-state index is 0.0934. The Bertz CT molecular complexity index is 1540. The van der Waals surface area contributed by atoms with Crippen LogP contribution in [0.3, 0.4) is 0 Å². The molecule has 2 rings (SSSR count). The fraction of sp³-hybridized carbons (Fsp3) is 0.467. The number of hydrogen-bond donors (Lipinski definition) is 1. The zero-order valence-electron chi connectivity index (χ0n) is 32.5. The van der Waals surface area contributed by atoms with Crippen LogP contribution in [0, 0.1) is 16.7 Å². The third-order valence-electron chi connectivity index (χ3n) is 9.44. The summed E-state index contributed by atoms with van der Waals surface area (Å²) in [5, 5.41) is 8.82. The Morgan fingerprint density at radius 2 is 1.34 bits per heavy atom. The molecular weight excluding hydrogens is 620 g/mol. The van der Waals surface area contributed by atoms with Crippen molar-refractivity contribution in [2.24, 2.45) is 16.7 Å². The minimum atomic E-state index is -0.991. The van der Waals surface area contributed by atoms with Gasteiger partial charge in [-0.15, -0.1) is 0 Å². The summed E-state index contributed by atoms with van der Waals surface area (Å²) in [6, 6.07) is 0. The number of ether oxygens (including phenoxy) is 2. The molecule has 0 aromatic carbocycles. The van der Waals surface area contributed by atoms with E-state index in [-0.39, 0.29) is 35.9 Å². The van der Waals surface area contributed by atoms with Gasteiger partial charge in [-0.25, -0.2) is 0 Å². The Morgan fingerprint density at radius 1 is 0.800 bits per heavy atom. The molecule has 0 spiro atoms. The Labute approximate surface area is 303 Å². The number of carboxylic acid groups (broad SMARTS) is 1. The molecule has 0 radical (unpaired) electrons. The molecule has 3 atom stereocenters. The summed E-state index contributed by atoms with van der Waals surface area (Å²) >= 11 is 0. The number of allylic oxidation sites excluding steroid dienone is 20. The molecule has 0 heterocycles. The maximum absolute atomic E-state index is 12.1. The monoisotopic (exact) mass is 682 g/mol. The van der Waals surface area contributed by atoms with Crippen molar-refractivity contribution in [2.75, 3.05) is 7.11 Å². The molecule has 0 bridgehead atoms. The van der Waals surface area contributed by atoms with Gasteiger partial charge < -0.3 is 14.6 Å². The van der Waals surface area contributed by atoms with Gasteiger partial charge in [0.25, 0.3) is 0 Å². The number of carbonyl (C=O) groups excluding carboxylic acids is 1. The summed E-state index contributed by atoms with van der Waals surface area (Å²) in [4.78, 5) is 22.8. The maximum Gasteiger partial charge on any atom is 0.306 e. The fourth-order valence-corrected chi connectivity index (χ4v) is 6.77. The Morgan fingerprint density at radius 3 is 1.86 bits per heavy atom. The lowest BCUT2D eigenvalue weighted by molar-refractivity contribution is -0.153. The number of hydrogen-bond acceptors (Lipinski definition) is 4. The van der Waals surface area contributed by atoms with Crippen molar-refractivity contribution in [3.8, 4) is 0 Å². The maximum atomic E-state index is 12.1. The normalized spacial score (nSPS) is 24.0. The zero-order valence-corrected chi connectivity index (χ0v) is 32.5. The molecular formula is C45H62O5. The average Bonchev–Trinajstić information content (AvgIpc) is 3.00. The lowest BCUT2D eigenvalue weighted by Crippen LogP contribution is -2.33. The third-order valence-corrected chi connectivity index (χ3v) is 9.44. The average molecular weight is 683 g/mol. The van der Waals surface area contributed by atoms with Gasteiger partial charge in [0, 0.05) is 19.4 Å². The number of rotatable bonds is 15. The second-order valence-electron chi connectivity index (χ2n) is 15.3. The number of esters is 1. The van der Waals surface area contributed by atoms with Crippen molar-refractivity contribution in [1.82, 2.24) is 0 Å². The van der Waals surface area contributed by atoms with Crippen LogP contribution in [0.15, 0.2) is 130 Å². The van der Waals surface area contributed by atoms with Crippen LogP contribution in [-0.4, -0.2) is 36.4 Å². The topological polar surface area (TPSA) is 72.8 Å². The smallest absolute Gasteiger partial charge is 0.306 e. The molecule has 272 valence electrons. The van der Waals surface area contributed by atoms with Crippen molar-refractivity contribution in [3.63, 3.8) is 0 Å². The summed E-state index contributed by atoms with van der Waals surface area (Å²) in [5.41, 5.74) is 8.52. The van der Waals surface area contributed by atoms with E-state index in [1.807, 2.05) is 0 Å². The highest BCUT2D eigenvalue weighted by Crippen LogP contribution is 2.43. The first kappa shape index (κ1) is 42.2. The van der Waals surface area contributed by atoms with E-state index in [0.29, 0.717) is 18.8 Å². The molecule has 5 nitrogen and oxygen atoms in total. The number of carboxylic acids is 1. The summed E-state index contributed by atoms with van der Waals surface area (Å²) < 4.78 is 11.2. The van der Waals surface area contributed by atoms with Crippen LogP contribution in [0.5, 0.6) is 0 Å². The van der Waals surface area contributed by atoms with Crippen LogP contribution in [0.4, 0.5) is 0 Å². The minimum Gasteiger partial charge on any atom is -0.481 e. The van der Waals surface area contributed by atoms with Gasteiger partial charge in [-0.3, -0.25) is 9.59 Å². The summed E-state index contributed by atoms with van der Waals surface area (Å²) in [6.07, 6.45) is 34.2. The van der Waals surface area contributed by atoms with Gasteiger partial charge in [0.15, 0.2) is 0 Å². The van der Waals surface area contributed by atoms with Gasteiger partial charge in [0.2, 0.25) is 0 Å². The van der Waals surface area contributed by atoms with Crippen LogP contribution < -0.4 is 0 Å². The molecule has 5 heteroatoms. The largest absolute Gasteiger partial charge is 0.481 e. The van der Waals surface area contributed by atoms with Crippen molar-refractivity contribution in [1.29, 1.82) is 0 Å². The SMILES string of the molecule is COC1C=C(C)C(/C=C/C(C)=C/C=C/C(C)=C/C=C/C=C(C)/C=C/C=C(C)/C=C/C2=C(C)CC(OC(=O)CCC(=O)O)CC2(C)C)C(C)(C)C1. The molecule has 0 fully saturated rings. The van der Waals surface area contributed by atoms with Crippen molar-refractivity contribution in [3.05, 3.63) is 130 Å². The van der Waals surface area contributed by atoms with Crippen molar-refractivity contribution < 1.29 is 24.2 Å². The van der Waals surface area contributed by atoms with E-state index >= 15 is 0 Å². The number of methoxy groups -OCH3 is 1. The molecule has 2 aliphatic rings. The molecule has 0 aromatic heterocycles. The van der Waals surface area contributed by atoms with Crippen molar-refractivity contribution >= 4 is 11.9 Å². The molecule has 3 unspecified atom stereocenters. The van der Waals surface area contributed by atoms with E-state index in [1.165, 1.54) is 27.9 Å². The van der Waals surface area contributed by atoms with Gasteiger partial charge >= 0.3 is 11.9 Å². The lowest BCUT2D eigenvalue weighted by atomic mass is 9.67. The highest BCUT2D eigenvalue weighted by atomic mass is 16.5. The molecule has 2 aliphatic carbocycles. The summed E-state index contributed by atoms with van der Waals surface area (Å²) in [6.45, 7) is 21.7. The number of aliphatic carboxylic acids is 1. The lowest BCUT2D eigenvalue weighted by Gasteiger charge is -2.39. The van der Waals surface area contributed by atoms with Crippen LogP contribution in [-0.2, 0) is 19.1 Å². The van der Waals surface area contributed by atoms with Crippen LogP contribution in [0.1, 0.15) is 101 Å². The van der Waals surface area contributed by atoms with Gasteiger partial charge in [0.05, 0.1) is 18.9 Å². The fourth-order valence-electron chi connectivity index (χ4n) is 6.77. The molecule has 50 heavy (non-hydrogen) atoms. The predicted molar refractivity (Wildman–Crippen MR) is 210 cm³/mol. The Kier molecular flexibility index (Phi) is 16.9. The molecule has 1 N–H and O–H groups in total. The van der Waals surface area contributed by atoms with Gasteiger partial charge in [0.1, 0.15) is 6.10 Å². The second kappa shape index (κ2) is 20.0. The molecule has 0 saturated carbocycles. The van der Waals surface area contributed by atoms with E-state index in [2.05, 4.69) is 160 Å². The highest BCUT2D eigenvalue weighted by molar-refractivity contribution is 5.76. The van der Waals surface area contributed by atoms with Gasteiger partial charge in [-0.2, -0.15) is 0 Å². The summed E-state index contributed by atoms with van der Waals surface area (Å²) in [7, 11) is 1.79. The zero-order chi connectivity index (χ0) is 37.5. The highest BCUT2D eigenvalue weighted by Gasteiger charge is 2.35. The molecule has 0 aliphatic heterocycles. The van der Waals surface area contributed by atoms with Crippen LogP contribution in [0.2, 0.25) is 0 Å². The second-order valence-corrected chi connectivity index (χ2v) is 15.3. The van der Waals surface area contributed by atoms with Crippen LogP contribution in [0.25, 0.3) is 0 Å². The van der Waals surface area contributed by atoms with E-state index < -0.39 is 11.9 Å². The Balaban J connectivity index is 1.91. The first-order chi connectivity index (χ1) is 23.4. The van der Waals surface area contributed by atoms with Crippen molar-refractivity contribution in [2.45, 2.75) is 114 Å². The quantitative estimate of drug-likeness (QED) is 0.106. The van der Waals surface area contributed by atoms with Crippen LogP contribution >= 0.6 is 0 Å². The molecule has 0 saturated heterocycles. The van der Waals surface area contributed by atoms with E-state index in [9.17, 15) is 9.59 Å². The predicted octanol–water partition coefficient (Wildman–Crippen LogP) is 11.5. The van der Waals surface area contributed by atoms with E-state index in [0.717, 1.165) is 17.6 Å². The third kappa shape index (κ3) is 14.9. The molecule has 0 aromatic rings. The van der Waals surface area contributed by atoms with E-state index in [4.69, 9.17) is 14.6 Å². The van der Waals surface area contributed by atoms with E-state index in [1.54, 1.807) is 7.11 Å². The Hall–Kier alpha value is -3.96. The first-order valence-corrected chi connectivity index (χ1v) is 17.8. The van der Waals surface area contributed by atoms with Gasteiger partial charge in [-0.1, -0.05) is 152 Å². The first-order valence-electron chi connectivity index (χ1n) is 17.8. The van der Waals surface area contributed by atoms with Gasteiger partial charge in [-0.05, 0) is 70.8 Å². The number of carbonyl (C=O) groups is 2. The standard InChI is InChI=1S/C45H62O5/c1-32(18-14-20-34(3)22-24-40-36(5)28-38(49-11)30-44(40,7)8)16-12-13-17-33(2)19-15-21-35(4)23-25-41-37(6)29-39(31-45(41,9)10)50-43(48)27-26-42(46)47/h12-25,28,38-40H,26-27,29-31H2,1-11H3,(H,46,47)/b13-12+,18-14+,19-15+,24-22+,25-23+,32-16+,33-17+,34-20+,35-21+. The molecule has 0 amide bonds. The summed E-state index contributed by atoms with van der Waals surface area (Å²) in [5.74, 6) is -1.02.